The lowest BCUT2D eigenvalue weighted by Crippen LogP contribution is -2.23. The number of carbonyl (C=O) groups excluding carboxylic acids is 1. The third-order valence-electron chi connectivity index (χ3n) is 4.19. The van der Waals surface area contributed by atoms with Gasteiger partial charge >= 0.3 is 0 Å². The molecule has 1 aromatic heterocycles. The van der Waals surface area contributed by atoms with Gasteiger partial charge in [-0.2, -0.15) is 0 Å². The van der Waals surface area contributed by atoms with Gasteiger partial charge in [0.25, 0.3) is 5.22 Å². The van der Waals surface area contributed by atoms with Gasteiger partial charge in [-0.05, 0) is 43.5 Å². The molecule has 0 fully saturated rings. The highest BCUT2D eigenvalue weighted by molar-refractivity contribution is 8.00. The Bertz CT molecular complexity index is 919. The molecule has 1 amide bonds. The molecule has 0 aliphatic heterocycles. The van der Waals surface area contributed by atoms with Crippen molar-refractivity contribution in [2.45, 2.75) is 44.1 Å². The first-order valence-corrected chi connectivity index (χ1v) is 9.79. The van der Waals surface area contributed by atoms with Gasteiger partial charge in [0.2, 0.25) is 11.8 Å². The van der Waals surface area contributed by atoms with Crippen molar-refractivity contribution >= 4 is 23.4 Å². The number of aryl methyl sites for hydroxylation is 1. The summed E-state index contributed by atoms with van der Waals surface area (Å²) in [5.41, 5.74) is 3.99. The van der Waals surface area contributed by atoms with Crippen molar-refractivity contribution in [3.8, 4) is 11.5 Å². The molecule has 6 heteroatoms. The molecule has 0 aliphatic rings. The van der Waals surface area contributed by atoms with Gasteiger partial charge in [-0.25, -0.2) is 0 Å². The fourth-order valence-corrected chi connectivity index (χ4v) is 3.31. The lowest BCUT2D eigenvalue weighted by Gasteiger charge is -2.15. The zero-order valence-corrected chi connectivity index (χ0v) is 16.7. The van der Waals surface area contributed by atoms with E-state index in [0.717, 1.165) is 16.8 Å². The van der Waals surface area contributed by atoms with Crippen LogP contribution < -0.4 is 5.32 Å². The highest BCUT2D eigenvalue weighted by Gasteiger charge is 2.20. The number of amides is 1. The number of rotatable bonds is 6. The molecule has 3 rings (SSSR count). The van der Waals surface area contributed by atoms with Crippen LogP contribution in [-0.4, -0.2) is 21.4 Å². The molecule has 2 aromatic carbocycles. The Balaban J connectivity index is 1.66. The lowest BCUT2D eigenvalue weighted by molar-refractivity contribution is -0.115. The molecule has 1 N–H and O–H groups in total. The van der Waals surface area contributed by atoms with Crippen molar-refractivity contribution in [1.82, 2.24) is 10.2 Å². The Hall–Kier alpha value is -2.60. The minimum Gasteiger partial charge on any atom is -0.411 e. The molecule has 0 spiro atoms. The van der Waals surface area contributed by atoms with Gasteiger partial charge in [0.1, 0.15) is 0 Å². The van der Waals surface area contributed by atoms with Gasteiger partial charge in [-0.3, -0.25) is 4.79 Å². The fourth-order valence-electron chi connectivity index (χ4n) is 2.62. The molecule has 0 saturated heterocycles. The number of hydrogen-bond donors (Lipinski definition) is 1. The Morgan fingerprint density at radius 3 is 2.44 bits per heavy atom. The summed E-state index contributed by atoms with van der Waals surface area (Å²) in [6, 6.07) is 15.7. The van der Waals surface area contributed by atoms with Crippen molar-refractivity contribution in [2.24, 2.45) is 0 Å². The first-order valence-electron chi connectivity index (χ1n) is 8.91. The number of benzene rings is 2. The maximum absolute atomic E-state index is 12.6. The van der Waals surface area contributed by atoms with Crippen molar-refractivity contribution < 1.29 is 9.21 Å². The normalized spacial score (nSPS) is 12.2. The van der Waals surface area contributed by atoms with E-state index >= 15 is 0 Å². The standard InChI is InChI=1S/C21H23N3O2S/c1-13(2)17-7-5-6-8-18(17)22-19(25)15(4)27-21-24-23-20(26-21)16-11-9-14(3)10-12-16/h5-13,15H,1-4H3,(H,22,25). The second-order valence-corrected chi connectivity index (χ2v) is 8.02. The van der Waals surface area contributed by atoms with Crippen molar-refractivity contribution in [2.75, 3.05) is 5.32 Å². The second kappa shape index (κ2) is 8.39. The van der Waals surface area contributed by atoms with Crippen molar-refractivity contribution in [3.63, 3.8) is 0 Å². The number of hydrogen-bond acceptors (Lipinski definition) is 5. The number of nitrogens with one attached hydrogen (secondary N) is 1. The van der Waals surface area contributed by atoms with E-state index in [1.54, 1.807) is 0 Å². The quantitative estimate of drug-likeness (QED) is 0.588. The molecule has 1 unspecified atom stereocenters. The number of aromatic nitrogens is 2. The summed E-state index contributed by atoms with van der Waals surface area (Å²) in [5, 5.41) is 11.2. The third kappa shape index (κ3) is 4.77. The first kappa shape index (κ1) is 19.2. The number of para-hydroxylation sites is 1. The van der Waals surface area contributed by atoms with Crippen molar-refractivity contribution in [3.05, 3.63) is 59.7 Å². The largest absolute Gasteiger partial charge is 0.411 e. The van der Waals surface area contributed by atoms with Crippen LogP contribution in [0.5, 0.6) is 0 Å². The number of anilines is 1. The predicted molar refractivity (Wildman–Crippen MR) is 109 cm³/mol. The molecule has 27 heavy (non-hydrogen) atoms. The van der Waals surface area contributed by atoms with Crippen LogP contribution in [0.1, 0.15) is 37.8 Å². The first-order chi connectivity index (χ1) is 12.9. The van der Waals surface area contributed by atoms with Crippen LogP contribution in [0.25, 0.3) is 11.5 Å². The molecule has 140 valence electrons. The van der Waals surface area contributed by atoms with E-state index in [9.17, 15) is 4.79 Å². The zero-order valence-electron chi connectivity index (χ0n) is 15.9. The molecular formula is C21H23N3O2S. The minimum absolute atomic E-state index is 0.0943. The van der Waals surface area contributed by atoms with Gasteiger partial charge in [-0.15, -0.1) is 10.2 Å². The summed E-state index contributed by atoms with van der Waals surface area (Å²) in [5.74, 6) is 0.691. The molecule has 3 aromatic rings. The molecular weight excluding hydrogens is 358 g/mol. The van der Waals surface area contributed by atoms with E-state index in [2.05, 4.69) is 29.4 Å². The smallest absolute Gasteiger partial charge is 0.277 e. The molecule has 1 heterocycles. The Kier molecular flexibility index (Phi) is 5.96. The highest BCUT2D eigenvalue weighted by Crippen LogP contribution is 2.28. The summed E-state index contributed by atoms with van der Waals surface area (Å²) in [6.07, 6.45) is 0. The highest BCUT2D eigenvalue weighted by atomic mass is 32.2. The third-order valence-corrected chi connectivity index (χ3v) is 5.13. The number of carbonyl (C=O) groups is 1. The van der Waals surface area contributed by atoms with E-state index in [4.69, 9.17) is 4.42 Å². The molecule has 0 radical (unpaired) electrons. The maximum Gasteiger partial charge on any atom is 0.277 e. The fraction of sp³-hybridized carbons (Fsp3) is 0.286. The van der Waals surface area contributed by atoms with Gasteiger partial charge < -0.3 is 9.73 Å². The molecule has 0 bridgehead atoms. The van der Waals surface area contributed by atoms with Crippen LogP contribution in [-0.2, 0) is 4.79 Å². The van der Waals surface area contributed by atoms with Crippen LogP contribution in [0.4, 0.5) is 5.69 Å². The van der Waals surface area contributed by atoms with Crippen molar-refractivity contribution in [1.29, 1.82) is 0 Å². The Labute approximate surface area is 163 Å². The van der Waals surface area contributed by atoms with E-state index in [1.165, 1.54) is 17.3 Å². The van der Waals surface area contributed by atoms with Crippen LogP contribution in [0, 0.1) is 6.92 Å². The number of nitrogens with zero attached hydrogens (tertiary/aromatic N) is 2. The van der Waals surface area contributed by atoms with E-state index in [-0.39, 0.29) is 11.2 Å². The SMILES string of the molecule is Cc1ccc(-c2nnc(SC(C)C(=O)Nc3ccccc3C(C)C)o2)cc1. The van der Waals surface area contributed by atoms with E-state index < -0.39 is 0 Å². The van der Waals surface area contributed by atoms with Gasteiger partial charge in [0.05, 0.1) is 5.25 Å². The summed E-state index contributed by atoms with van der Waals surface area (Å²) < 4.78 is 5.70. The Morgan fingerprint density at radius 1 is 1.04 bits per heavy atom. The molecule has 0 aliphatic carbocycles. The average molecular weight is 382 g/mol. The molecule has 1 atom stereocenters. The lowest BCUT2D eigenvalue weighted by atomic mass is 10.0. The van der Waals surface area contributed by atoms with E-state index in [1.807, 2.05) is 62.4 Å². The summed E-state index contributed by atoms with van der Waals surface area (Å²) in [7, 11) is 0. The average Bonchev–Trinajstić information content (AvgIpc) is 3.11. The molecule has 5 nitrogen and oxygen atoms in total. The number of thioether (sulfide) groups is 1. The van der Waals surface area contributed by atoms with Crippen LogP contribution in [0.2, 0.25) is 0 Å². The van der Waals surface area contributed by atoms with Crippen LogP contribution in [0.15, 0.2) is 58.2 Å². The van der Waals surface area contributed by atoms with Crippen LogP contribution >= 0.6 is 11.8 Å². The summed E-state index contributed by atoms with van der Waals surface area (Å²) in [4.78, 5) is 12.6. The monoisotopic (exact) mass is 381 g/mol. The zero-order chi connectivity index (χ0) is 19.4. The molecule has 0 saturated carbocycles. The van der Waals surface area contributed by atoms with E-state index in [0.29, 0.717) is 17.0 Å². The van der Waals surface area contributed by atoms with Gasteiger partial charge in [0, 0.05) is 11.3 Å². The minimum atomic E-state index is -0.364. The van der Waals surface area contributed by atoms with Gasteiger partial charge in [0.15, 0.2) is 0 Å². The summed E-state index contributed by atoms with van der Waals surface area (Å²) >= 11 is 1.25. The predicted octanol–water partition coefficient (Wildman–Crippen LogP) is 5.29. The van der Waals surface area contributed by atoms with Crippen LogP contribution in [0.3, 0.4) is 0 Å². The maximum atomic E-state index is 12.6. The topological polar surface area (TPSA) is 68.0 Å². The second-order valence-electron chi connectivity index (χ2n) is 6.73. The summed E-state index contributed by atoms with van der Waals surface area (Å²) in [6.45, 7) is 8.06. The Morgan fingerprint density at radius 2 is 1.74 bits per heavy atom. The van der Waals surface area contributed by atoms with Gasteiger partial charge in [-0.1, -0.05) is 61.5 Å².